The third kappa shape index (κ3) is 4.78. The maximum atomic E-state index is 11.3. The lowest BCUT2D eigenvalue weighted by atomic mass is 10.2. The highest BCUT2D eigenvalue weighted by Gasteiger charge is 2.10. The number of methoxy groups -OCH3 is 2. The first-order chi connectivity index (χ1) is 8.99. The van der Waals surface area contributed by atoms with Gasteiger partial charge in [-0.1, -0.05) is 15.9 Å². The van der Waals surface area contributed by atoms with E-state index in [2.05, 4.69) is 21.2 Å². The Kier molecular flexibility index (Phi) is 6.82. The zero-order valence-corrected chi connectivity index (χ0v) is 14.1. The van der Waals surface area contributed by atoms with Crippen LogP contribution in [-0.2, 0) is 17.3 Å². The number of halogens is 1. The molecule has 1 aromatic rings. The zero-order chi connectivity index (χ0) is 14.4. The van der Waals surface area contributed by atoms with Crippen molar-refractivity contribution in [3.63, 3.8) is 0 Å². The highest BCUT2D eigenvalue weighted by atomic mass is 79.9. The third-order valence-electron chi connectivity index (χ3n) is 2.87. The Morgan fingerprint density at radius 2 is 1.89 bits per heavy atom. The summed E-state index contributed by atoms with van der Waals surface area (Å²) >= 11 is 3.51. The minimum Gasteiger partial charge on any atom is -0.493 e. The van der Waals surface area contributed by atoms with Crippen molar-refractivity contribution in [2.24, 2.45) is 0 Å². The summed E-state index contributed by atoms with van der Waals surface area (Å²) in [6.45, 7) is 3.36. The van der Waals surface area contributed by atoms with Gasteiger partial charge in [0.1, 0.15) is 0 Å². The molecule has 0 aliphatic heterocycles. The average molecular weight is 350 g/mol. The largest absolute Gasteiger partial charge is 0.493 e. The van der Waals surface area contributed by atoms with E-state index in [4.69, 9.17) is 9.47 Å². The Morgan fingerprint density at radius 3 is 2.42 bits per heavy atom. The quantitative estimate of drug-likeness (QED) is 0.820. The van der Waals surface area contributed by atoms with Crippen LogP contribution in [0.4, 0.5) is 0 Å². The van der Waals surface area contributed by atoms with Crippen LogP contribution in [0, 0.1) is 0 Å². The predicted octanol–water partition coefficient (Wildman–Crippen LogP) is 2.32. The molecule has 0 heterocycles. The molecule has 0 saturated carbocycles. The minimum absolute atomic E-state index is 0.138. The monoisotopic (exact) mass is 349 g/mol. The molecule has 19 heavy (non-hydrogen) atoms. The molecule has 0 fully saturated rings. The van der Waals surface area contributed by atoms with Gasteiger partial charge in [0.2, 0.25) is 0 Å². The summed E-state index contributed by atoms with van der Waals surface area (Å²) in [7, 11) is 2.42. The van der Waals surface area contributed by atoms with Crippen LogP contribution in [0.25, 0.3) is 0 Å². The van der Waals surface area contributed by atoms with Crippen LogP contribution >= 0.6 is 15.9 Å². The van der Waals surface area contributed by atoms with E-state index >= 15 is 0 Å². The predicted molar refractivity (Wildman–Crippen MR) is 82.5 cm³/mol. The first-order valence-corrected chi connectivity index (χ1v) is 8.34. The number of ether oxygens (including phenoxy) is 2. The average Bonchev–Trinajstić information content (AvgIpc) is 2.39. The van der Waals surface area contributed by atoms with Gasteiger partial charge < -0.3 is 14.8 Å². The van der Waals surface area contributed by atoms with Gasteiger partial charge in [0.15, 0.2) is 11.5 Å². The topological polar surface area (TPSA) is 47.6 Å². The molecule has 0 bridgehead atoms. The molecule has 0 saturated heterocycles. The SMILES string of the molecule is COc1cc(Br)c(CNCC(C)S(C)=O)cc1OC. The van der Waals surface area contributed by atoms with E-state index in [0.29, 0.717) is 24.6 Å². The van der Waals surface area contributed by atoms with E-state index in [-0.39, 0.29) is 5.25 Å². The van der Waals surface area contributed by atoms with Gasteiger partial charge in [0.05, 0.1) is 14.2 Å². The van der Waals surface area contributed by atoms with E-state index < -0.39 is 10.8 Å². The Hall–Kier alpha value is -0.590. The lowest BCUT2D eigenvalue weighted by molar-refractivity contribution is 0.354. The summed E-state index contributed by atoms with van der Waals surface area (Å²) in [5.74, 6) is 1.40. The van der Waals surface area contributed by atoms with Crippen molar-refractivity contribution < 1.29 is 13.7 Å². The number of hydrogen-bond donors (Lipinski definition) is 1. The molecule has 6 heteroatoms. The van der Waals surface area contributed by atoms with Gasteiger partial charge in [0.25, 0.3) is 0 Å². The maximum Gasteiger partial charge on any atom is 0.161 e. The normalized spacial score (nSPS) is 13.9. The van der Waals surface area contributed by atoms with Crippen molar-refractivity contribution in [1.29, 1.82) is 0 Å². The summed E-state index contributed by atoms with van der Waals surface area (Å²) in [5.41, 5.74) is 1.08. The van der Waals surface area contributed by atoms with Crippen molar-refractivity contribution in [3.05, 3.63) is 22.2 Å². The van der Waals surface area contributed by atoms with Crippen molar-refractivity contribution in [3.8, 4) is 11.5 Å². The lowest BCUT2D eigenvalue weighted by Gasteiger charge is -2.14. The van der Waals surface area contributed by atoms with Crippen molar-refractivity contribution in [1.82, 2.24) is 5.32 Å². The van der Waals surface area contributed by atoms with E-state index in [1.807, 2.05) is 19.1 Å². The molecule has 0 aliphatic carbocycles. The molecule has 0 amide bonds. The summed E-state index contributed by atoms with van der Waals surface area (Å²) < 4.78 is 22.7. The minimum atomic E-state index is -0.804. The molecule has 0 radical (unpaired) electrons. The fourth-order valence-electron chi connectivity index (χ4n) is 1.56. The maximum absolute atomic E-state index is 11.3. The van der Waals surface area contributed by atoms with Crippen LogP contribution in [0.1, 0.15) is 12.5 Å². The van der Waals surface area contributed by atoms with Gasteiger partial charge in [-0.3, -0.25) is 4.21 Å². The van der Waals surface area contributed by atoms with Crippen LogP contribution in [0.2, 0.25) is 0 Å². The lowest BCUT2D eigenvalue weighted by Crippen LogP contribution is -2.27. The van der Waals surface area contributed by atoms with E-state index in [1.54, 1.807) is 20.5 Å². The number of rotatable bonds is 7. The standard InChI is InChI=1S/C13H20BrNO3S/c1-9(19(4)16)7-15-8-10-5-12(17-2)13(18-3)6-11(10)14/h5-6,9,15H,7-8H2,1-4H3. The summed E-state index contributed by atoms with van der Waals surface area (Å²) in [5, 5.41) is 3.43. The zero-order valence-electron chi connectivity index (χ0n) is 11.7. The molecule has 0 aliphatic rings. The van der Waals surface area contributed by atoms with E-state index in [1.165, 1.54) is 0 Å². The summed E-state index contributed by atoms with van der Waals surface area (Å²) in [6, 6.07) is 3.82. The van der Waals surface area contributed by atoms with Gasteiger partial charge in [0, 0.05) is 39.9 Å². The van der Waals surface area contributed by atoms with Gasteiger partial charge in [-0.25, -0.2) is 0 Å². The van der Waals surface area contributed by atoms with Gasteiger partial charge in [-0.2, -0.15) is 0 Å². The molecule has 0 spiro atoms. The third-order valence-corrected chi connectivity index (χ3v) is 4.90. The molecule has 108 valence electrons. The van der Waals surface area contributed by atoms with Crippen LogP contribution in [0.5, 0.6) is 11.5 Å². The first-order valence-electron chi connectivity index (χ1n) is 5.93. The molecule has 1 rings (SSSR count). The first kappa shape index (κ1) is 16.5. The molecule has 2 atom stereocenters. The van der Waals surface area contributed by atoms with E-state index in [0.717, 1.165) is 10.0 Å². The fraction of sp³-hybridized carbons (Fsp3) is 0.538. The Labute approximate surface area is 125 Å². The smallest absolute Gasteiger partial charge is 0.161 e. The Morgan fingerprint density at radius 1 is 1.32 bits per heavy atom. The summed E-state index contributed by atoms with van der Waals surface area (Å²) in [6.07, 6.45) is 1.72. The molecular formula is C13H20BrNO3S. The highest BCUT2D eigenvalue weighted by Crippen LogP contribution is 2.33. The van der Waals surface area contributed by atoms with Gasteiger partial charge >= 0.3 is 0 Å². The fourth-order valence-corrected chi connectivity index (χ4v) is 2.37. The van der Waals surface area contributed by atoms with Crippen molar-refractivity contribution in [2.75, 3.05) is 27.0 Å². The van der Waals surface area contributed by atoms with Crippen LogP contribution in [-0.4, -0.2) is 36.5 Å². The van der Waals surface area contributed by atoms with Crippen LogP contribution in [0.15, 0.2) is 16.6 Å². The second-order valence-electron chi connectivity index (χ2n) is 4.24. The molecule has 1 aromatic carbocycles. The van der Waals surface area contributed by atoms with Crippen molar-refractivity contribution in [2.45, 2.75) is 18.7 Å². The molecule has 1 N–H and O–H groups in total. The Balaban J connectivity index is 2.71. The summed E-state index contributed by atoms with van der Waals surface area (Å²) in [4.78, 5) is 0. The second-order valence-corrected chi connectivity index (χ2v) is 6.89. The molecule has 2 unspecified atom stereocenters. The van der Waals surface area contributed by atoms with Crippen LogP contribution < -0.4 is 14.8 Å². The highest BCUT2D eigenvalue weighted by molar-refractivity contribution is 9.10. The molecule has 4 nitrogen and oxygen atoms in total. The van der Waals surface area contributed by atoms with Crippen molar-refractivity contribution >= 4 is 26.7 Å². The van der Waals surface area contributed by atoms with Gasteiger partial charge in [-0.05, 0) is 24.6 Å². The molecule has 0 aromatic heterocycles. The van der Waals surface area contributed by atoms with E-state index in [9.17, 15) is 4.21 Å². The Bertz CT molecular complexity index is 454. The number of nitrogens with one attached hydrogen (secondary N) is 1. The van der Waals surface area contributed by atoms with Gasteiger partial charge in [-0.15, -0.1) is 0 Å². The van der Waals surface area contributed by atoms with Crippen LogP contribution in [0.3, 0.4) is 0 Å². The number of hydrogen-bond acceptors (Lipinski definition) is 4. The second kappa shape index (κ2) is 7.87. The molecular weight excluding hydrogens is 330 g/mol. The number of benzene rings is 1.